The molecule has 0 amide bonds. The fourth-order valence-electron chi connectivity index (χ4n) is 2.56. The lowest BCUT2D eigenvalue weighted by Gasteiger charge is -2.37. The maximum atomic E-state index is 10.0. The summed E-state index contributed by atoms with van der Waals surface area (Å²) in [5, 5.41) is 10.0. The number of pyridine rings is 1. The Labute approximate surface area is 109 Å². The predicted molar refractivity (Wildman–Crippen MR) is 73.7 cm³/mol. The molecule has 1 aliphatic rings. The smallest absolute Gasteiger partial charge is 0.133 e. The van der Waals surface area contributed by atoms with Crippen molar-refractivity contribution in [3.8, 4) is 0 Å². The summed E-state index contributed by atoms with van der Waals surface area (Å²) in [6, 6.07) is 2.08. The Morgan fingerprint density at radius 3 is 2.56 bits per heavy atom. The van der Waals surface area contributed by atoms with Gasteiger partial charge in [-0.3, -0.25) is 0 Å². The number of aromatic nitrogens is 1. The van der Waals surface area contributed by atoms with Gasteiger partial charge in [0.05, 0.1) is 5.60 Å². The largest absolute Gasteiger partial charge is 0.390 e. The van der Waals surface area contributed by atoms with Crippen LogP contribution in [0.25, 0.3) is 0 Å². The number of nitrogens with two attached hydrogens (primary N) is 1. The van der Waals surface area contributed by atoms with Crippen LogP contribution in [0.2, 0.25) is 0 Å². The highest BCUT2D eigenvalue weighted by molar-refractivity contribution is 5.52. The minimum atomic E-state index is -0.530. The van der Waals surface area contributed by atoms with Gasteiger partial charge >= 0.3 is 0 Å². The second-order valence-corrected chi connectivity index (χ2v) is 5.57. The molecule has 1 aliphatic heterocycles. The van der Waals surface area contributed by atoms with E-state index >= 15 is 0 Å². The molecule has 0 aromatic carbocycles. The van der Waals surface area contributed by atoms with Crippen LogP contribution in [0.1, 0.15) is 36.6 Å². The molecule has 0 aliphatic carbocycles. The maximum absolute atomic E-state index is 10.0. The summed E-state index contributed by atoms with van der Waals surface area (Å²) >= 11 is 0. The molecule has 3 N–H and O–H groups in total. The number of nitrogens with zero attached hydrogens (tertiary/aromatic N) is 2. The van der Waals surface area contributed by atoms with Crippen LogP contribution < -0.4 is 10.6 Å². The summed E-state index contributed by atoms with van der Waals surface area (Å²) in [5.41, 5.74) is 8.67. The molecule has 1 aromatic rings. The molecule has 100 valence electrons. The van der Waals surface area contributed by atoms with E-state index in [-0.39, 0.29) is 0 Å². The number of rotatable bonds is 2. The van der Waals surface area contributed by atoms with Crippen LogP contribution in [0, 0.1) is 13.8 Å². The molecule has 4 heteroatoms. The zero-order valence-corrected chi connectivity index (χ0v) is 11.5. The van der Waals surface area contributed by atoms with Crippen molar-refractivity contribution in [2.45, 2.75) is 45.8 Å². The number of aryl methyl sites for hydroxylation is 2. The quantitative estimate of drug-likeness (QED) is 0.834. The lowest BCUT2D eigenvalue weighted by Crippen LogP contribution is -2.43. The predicted octanol–water partition coefficient (Wildman–Crippen LogP) is 1.51. The lowest BCUT2D eigenvalue weighted by atomic mass is 9.93. The number of anilines is 1. The van der Waals surface area contributed by atoms with Gasteiger partial charge in [0.1, 0.15) is 5.82 Å². The van der Waals surface area contributed by atoms with Gasteiger partial charge in [-0.2, -0.15) is 0 Å². The first-order valence-corrected chi connectivity index (χ1v) is 6.57. The molecule has 4 nitrogen and oxygen atoms in total. The second kappa shape index (κ2) is 4.86. The highest BCUT2D eigenvalue weighted by atomic mass is 16.3. The van der Waals surface area contributed by atoms with Gasteiger partial charge in [-0.05, 0) is 45.2 Å². The van der Waals surface area contributed by atoms with Crippen molar-refractivity contribution in [2.24, 2.45) is 5.73 Å². The lowest BCUT2D eigenvalue weighted by molar-refractivity contribution is 0.0350. The molecule has 18 heavy (non-hydrogen) atoms. The Kier molecular flexibility index (Phi) is 3.59. The van der Waals surface area contributed by atoms with E-state index in [9.17, 15) is 5.11 Å². The molecule has 0 saturated carbocycles. The van der Waals surface area contributed by atoms with Crippen LogP contribution in [-0.4, -0.2) is 28.8 Å². The van der Waals surface area contributed by atoms with Gasteiger partial charge in [0.15, 0.2) is 0 Å². The molecule has 0 radical (unpaired) electrons. The Hall–Kier alpha value is -1.13. The normalized spacial score (nSPS) is 19.1. The summed E-state index contributed by atoms with van der Waals surface area (Å²) < 4.78 is 0. The van der Waals surface area contributed by atoms with Gasteiger partial charge in [-0.15, -0.1) is 0 Å². The minimum Gasteiger partial charge on any atom is -0.390 e. The van der Waals surface area contributed by atoms with Gasteiger partial charge < -0.3 is 15.7 Å². The Bertz CT molecular complexity index is 433. The van der Waals surface area contributed by atoms with Gasteiger partial charge in [-0.25, -0.2) is 4.98 Å². The third kappa shape index (κ3) is 2.65. The van der Waals surface area contributed by atoms with Crippen LogP contribution >= 0.6 is 0 Å². The number of aliphatic hydroxyl groups is 1. The van der Waals surface area contributed by atoms with E-state index in [0.717, 1.165) is 43.0 Å². The fraction of sp³-hybridized carbons (Fsp3) is 0.643. The summed E-state index contributed by atoms with van der Waals surface area (Å²) in [6.45, 7) is 8.20. The highest BCUT2D eigenvalue weighted by Gasteiger charge is 2.29. The molecule has 0 spiro atoms. The first-order chi connectivity index (χ1) is 8.43. The summed E-state index contributed by atoms with van der Waals surface area (Å²) in [5.74, 6) is 1.01. The molecule has 2 rings (SSSR count). The summed E-state index contributed by atoms with van der Waals surface area (Å²) in [4.78, 5) is 6.89. The van der Waals surface area contributed by atoms with Crippen molar-refractivity contribution in [2.75, 3.05) is 18.0 Å². The van der Waals surface area contributed by atoms with E-state index in [1.165, 1.54) is 5.56 Å². The molecule has 0 unspecified atom stereocenters. The Morgan fingerprint density at radius 1 is 1.39 bits per heavy atom. The molecule has 2 heterocycles. The number of piperidine rings is 1. The van der Waals surface area contributed by atoms with Crippen molar-refractivity contribution in [1.82, 2.24) is 4.98 Å². The van der Waals surface area contributed by atoms with Gasteiger partial charge in [0.25, 0.3) is 0 Å². The van der Waals surface area contributed by atoms with Gasteiger partial charge in [0, 0.05) is 30.9 Å². The molecular formula is C14H23N3O. The monoisotopic (exact) mass is 249 g/mol. The molecule has 1 saturated heterocycles. The second-order valence-electron chi connectivity index (χ2n) is 5.57. The van der Waals surface area contributed by atoms with Crippen LogP contribution in [0.15, 0.2) is 6.07 Å². The Balaban J connectivity index is 2.28. The van der Waals surface area contributed by atoms with Crippen molar-refractivity contribution in [3.05, 3.63) is 22.9 Å². The van der Waals surface area contributed by atoms with E-state index < -0.39 is 5.60 Å². The van der Waals surface area contributed by atoms with Crippen molar-refractivity contribution < 1.29 is 5.11 Å². The molecule has 1 aromatic heterocycles. The molecular weight excluding hydrogens is 226 g/mol. The number of hydrogen-bond acceptors (Lipinski definition) is 4. The first-order valence-electron chi connectivity index (χ1n) is 6.57. The van der Waals surface area contributed by atoms with Crippen molar-refractivity contribution in [3.63, 3.8) is 0 Å². The highest BCUT2D eigenvalue weighted by Crippen LogP contribution is 2.28. The van der Waals surface area contributed by atoms with Crippen LogP contribution in [0.3, 0.4) is 0 Å². The summed E-state index contributed by atoms with van der Waals surface area (Å²) in [6.07, 6.45) is 1.57. The molecule has 1 fully saturated rings. The van der Waals surface area contributed by atoms with Crippen molar-refractivity contribution in [1.29, 1.82) is 0 Å². The Morgan fingerprint density at radius 2 is 2.00 bits per heavy atom. The topological polar surface area (TPSA) is 62.4 Å². The number of hydrogen-bond donors (Lipinski definition) is 2. The van der Waals surface area contributed by atoms with E-state index in [0.29, 0.717) is 6.54 Å². The van der Waals surface area contributed by atoms with Crippen LogP contribution in [-0.2, 0) is 6.54 Å². The molecule has 0 atom stereocenters. The summed E-state index contributed by atoms with van der Waals surface area (Å²) in [7, 11) is 0. The standard InChI is InChI=1S/C14H23N3O/c1-10-8-11(2)16-13(12(10)9-15)17-6-4-14(3,18)5-7-17/h8,18H,4-7,9,15H2,1-3H3. The van der Waals surface area contributed by atoms with E-state index in [1.54, 1.807) is 0 Å². The maximum Gasteiger partial charge on any atom is 0.133 e. The molecule has 0 bridgehead atoms. The van der Waals surface area contributed by atoms with Crippen LogP contribution in [0.4, 0.5) is 5.82 Å². The van der Waals surface area contributed by atoms with Crippen LogP contribution in [0.5, 0.6) is 0 Å². The SMILES string of the molecule is Cc1cc(C)c(CN)c(N2CCC(C)(O)CC2)n1. The van der Waals surface area contributed by atoms with E-state index in [2.05, 4.69) is 22.9 Å². The van der Waals surface area contributed by atoms with E-state index in [1.807, 2.05) is 13.8 Å². The van der Waals surface area contributed by atoms with Gasteiger partial charge in [0.2, 0.25) is 0 Å². The zero-order chi connectivity index (χ0) is 13.3. The van der Waals surface area contributed by atoms with Gasteiger partial charge in [-0.1, -0.05) is 0 Å². The fourth-order valence-corrected chi connectivity index (χ4v) is 2.56. The zero-order valence-electron chi connectivity index (χ0n) is 11.5. The minimum absolute atomic E-state index is 0.515. The van der Waals surface area contributed by atoms with E-state index in [4.69, 9.17) is 5.73 Å². The average molecular weight is 249 g/mol. The van der Waals surface area contributed by atoms with Crippen molar-refractivity contribution >= 4 is 5.82 Å². The first kappa shape index (κ1) is 13.3. The third-order valence-corrected chi connectivity index (χ3v) is 3.80. The third-order valence-electron chi connectivity index (χ3n) is 3.80. The average Bonchev–Trinajstić information content (AvgIpc) is 2.28.